The summed E-state index contributed by atoms with van der Waals surface area (Å²) in [6, 6.07) is 15.5. The van der Waals surface area contributed by atoms with Crippen molar-refractivity contribution in [3.63, 3.8) is 0 Å². The van der Waals surface area contributed by atoms with Gasteiger partial charge in [0.15, 0.2) is 16.4 Å². The number of hydrogen-bond donors (Lipinski definition) is 0. The zero-order chi connectivity index (χ0) is 24.1. The van der Waals surface area contributed by atoms with Gasteiger partial charge in [-0.15, -0.1) is 11.6 Å². The van der Waals surface area contributed by atoms with Crippen molar-refractivity contribution in [3.8, 4) is 17.2 Å². The maximum Gasteiger partial charge on any atom is 0.413 e. The SMILES string of the molecule is CCOc1ccc(C(Cl)(COCc2ccc(F)c(Oc3ccc(Cl)cc3)c2)C(F)(F)F)cc1. The van der Waals surface area contributed by atoms with E-state index in [2.05, 4.69) is 0 Å². The highest BCUT2D eigenvalue weighted by Crippen LogP contribution is 2.45. The molecule has 9 heteroatoms. The van der Waals surface area contributed by atoms with E-state index in [0.29, 0.717) is 28.7 Å². The quantitative estimate of drug-likeness (QED) is 0.220. The Morgan fingerprint density at radius 2 is 1.52 bits per heavy atom. The Bertz CT molecular complexity index is 1060. The van der Waals surface area contributed by atoms with Crippen LogP contribution in [0.15, 0.2) is 66.7 Å². The number of rotatable bonds is 9. The van der Waals surface area contributed by atoms with Crippen LogP contribution in [0.4, 0.5) is 17.6 Å². The van der Waals surface area contributed by atoms with Gasteiger partial charge in [-0.05, 0) is 66.6 Å². The second-order valence-corrected chi connectivity index (χ2v) is 8.15. The number of halogens is 6. The minimum Gasteiger partial charge on any atom is -0.494 e. The van der Waals surface area contributed by atoms with Gasteiger partial charge in [-0.3, -0.25) is 0 Å². The van der Waals surface area contributed by atoms with Crippen molar-refractivity contribution in [1.29, 1.82) is 0 Å². The van der Waals surface area contributed by atoms with Gasteiger partial charge in [-0.1, -0.05) is 29.8 Å². The first-order valence-electron chi connectivity index (χ1n) is 9.91. The van der Waals surface area contributed by atoms with Crippen molar-refractivity contribution in [2.45, 2.75) is 24.6 Å². The van der Waals surface area contributed by atoms with Crippen LogP contribution in [0.3, 0.4) is 0 Å². The molecule has 0 aliphatic carbocycles. The molecular weight excluding hydrogens is 483 g/mol. The van der Waals surface area contributed by atoms with Crippen LogP contribution in [0.1, 0.15) is 18.1 Å². The third-order valence-corrected chi connectivity index (χ3v) is 5.47. The molecule has 1 atom stereocenters. The van der Waals surface area contributed by atoms with Crippen LogP contribution in [0.2, 0.25) is 5.02 Å². The topological polar surface area (TPSA) is 27.7 Å². The predicted molar refractivity (Wildman–Crippen MR) is 119 cm³/mol. The molecule has 0 N–H and O–H groups in total. The number of benzene rings is 3. The number of alkyl halides is 4. The summed E-state index contributed by atoms with van der Waals surface area (Å²) >= 11 is 11.8. The first-order valence-corrected chi connectivity index (χ1v) is 10.7. The van der Waals surface area contributed by atoms with Crippen LogP contribution in [0, 0.1) is 5.82 Å². The molecule has 3 aromatic rings. The Labute approximate surface area is 198 Å². The molecule has 0 saturated heterocycles. The fourth-order valence-corrected chi connectivity index (χ4v) is 3.29. The van der Waals surface area contributed by atoms with E-state index in [1.165, 1.54) is 36.4 Å². The molecule has 0 amide bonds. The van der Waals surface area contributed by atoms with Gasteiger partial charge >= 0.3 is 6.18 Å². The van der Waals surface area contributed by atoms with E-state index in [-0.39, 0.29) is 17.9 Å². The lowest BCUT2D eigenvalue weighted by Crippen LogP contribution is -2.41. The molecule has 0 spiro atoms. The molecule has 3 aromatic carbocycles. The van der Waals surface area contributed by atoms with Crippen molar-refractivity contribution >= 4 is 23.2 Å². The molecule has 3 nitrogen and oxygen atoms in total. The van der Waals surface area contributed by atoms with Crippen LogP contribution in [-0.4, -0.2) is 19.4 Å². The van der Waals surface area contributed by atoms with E-state index < -0.39 is 23.5 Å². The minimum atomic E-state index is -4.78. The summed E-state index contributed by atoms with van der Waals surface area (Å²) in [4.78, 5) is -2.76. The predicted octanol–water partition coefficient (Wildman–Crippen LogP) is 7.88. The van der Waals surface area contributed by atoms with E-state index in [1.54, 1.807) is 31.2 Å². The first kappa shape index (κ1) is 25.1. The summed E-state index contributed by atoms with van der Waals surface area (Å²) < 4.78 is 71.7. The molecule has 0 fully saturated rings. The first-order chi connectivity index (χ1) is 15.6. The summed E-state index contributed by atoms with van der Waals surface area (Å²) in [5, 5.41) is 0.492. The van der Waals surface area contributed by atoms with Crippen molar-refractivity contribution in [1.82, 2.24) is 0 Å². The van der Waals surface area contributed by atoms with Gasteiger partial charge in [0.1, 0.15) is 11.5 Å². The molecule has 33 heavy (non-hydrogen) atoms. The van der Waals surface area contributed by atoms with Gasteiger partial charge in [0.05, 0.1) is 19.8 Å². The normalized spacial score (nSPS) is 13.4. The molecule has 3 rings (SSSR count). The van der Waals surface area contributed by atoms with E-state index >= 15 is 0 Å². The summed E-state index contributed by atoms with van der Waals surface area (Å²) in [6.07, 6.45) is -4.78. The van der Waals surface area contributed by atoms with Gasteiger partial charge in [-0.2, -0.15) is 13.2 Å². The smallest absolute Gasteiger partial charge is 0.413 e. The van der Waals surface area contributed by atoms with Crippen LogP contribution < -0.4 is 9.47 Å². The van der Waals surface area contributed by atoms with Crippen molar-refractivity contribution in [2.75, 3.05) is 13.2 Å². The Morgan fingerprint density at radius 3 is 2.12 bits per heavy atom. The number of ether oxygens (including phenoxy) is 3. The summed E-state index contributed by atoms with van der Waals surface area (Å²) in [5.74, 6) is 0.0505. The highest BCUT2D eigenvalue weighted by molar-refractivity contribution is 6.30. The zero-order valence-electron chi connectivity index (χ0n) is 17.5. The van der Waals surface area contributed by atoms with Crippen LogP contribution in [-0.2, 0) is 16.2 Å². The Morgan fingerprint density at radius 1 is 0.879 bits per heavy atom. The average molecular weight is 503 g/mol. The Balaban J connectivity index is 1.71. The van der Waals surface area contributed by atoms with E-state index in [0.717, 1.165) is 6.07 Å². The van der Waals surface area contributed by atoms with Gasteiger partial charge < -0.3 is 14.2 Å². The Hall–Kier alpha value is -2.48. The van der Waals surface area contributed by atoms with Crippen molar-refractivity contribution in [3.05, 3.63) is 88.7 Å². The zero-order valence-corrected chi connectivity index (χ0v) is 19.0. The second kappa shape index (κ2) is 10.6. The monoisotopic (exact) mass is 502 g/mol. The maximum absolute atomic E-state index is 14.1. The average Bonchev–Trinajstić information content (AvgIpc) is 2.77. The molecule has 0 saturated carbocycles. The largest absolute Gasteiger partial charge is 0.494 e. The number of hydrogen-bond acceptors (Lipinski definition) is 3. The van der Waals surface area contributed by atoms with Gasteiger partial charge in [-0.25, -0.2) is 4.39 Å². The van der Waals surface area contributed by atoms with E-state index in [4.69, 9.17) is 37.4 Å². The van der Waals surface area contributed by atoms with Crippen LogP contribution in [0.5, 0.6) is 17.2 Å². The molecule has 0 aliphatic heterocycles. The molecule has 0 bridgehead atoms. The standard InChI is InChI=1S/C24H20Cl2F4O3/c1-2-32-19-8-4-17(5-9-19)23(26,24(28,29)30)15-31-14-16-3-12-21(27)22(13-16)33-20-10-6-18(25)7-11-20/h3-13H,2,14-15H2,1H3. The summed E-state index contributed by atoms with van der Waals surface area (Å²) in [6.45, 7) is 1.06. The summed E-state index contributed by atoms with van der Waals surface area (Å²) in [5.41, 5.74) is 0.235. The van der Waals surface area contributed by atoms with Gasteiger partial charge in [0.2, 0.25) is 0 Å². The third-order valence-electron chi connectivity index (χ3n) is 4.68. The molecule has 0 aromatic heterocycles. The fraction of sp³-hybridized carbons (Fsp3) is 0.250. The van der Waals surface area contributed by atoms with E-state index in [1.807, 2.05) is 0 Å². The van der Waals surface area contributed by atoms with Gasteiger partial charge in [0, 0.05) is 5.02 Å². The molecule has 0 aliphatic rings. The van der Waals surface area contributed by atoms with Gasteiger partial charge in [0.25, 0.3) is 0 Å². The maximum atomic E-state index is 14.1. The van der Waals surface area contributed by atoms with Crippen LogP contribution in [0.25, 0.3) is 0 Å². The molecular formula is C24H20Cl2F4O3. The summed E-state index contributed by atoms with van der Waals surface area (Å²) in [7, 11) is 0. The minimum absolute atomic E-state index is 0.0992. The van der Waals surface area contributed by atoms with Crippen molar-refractivity contribution < 1.29 is 31.8 Å². The van der Waals surface area contributed by atoms with Crippen LogP contribution >= 0.6 is 23.2 Å². The molecule has 176 valence electrons. The van der Waals surface area contributed by atoms with Crippen molar-refractivity contribution in [2.24, 2.45) is 0 Å². The molecule has 0 heterocycles. The van der Waals surface area contributed by atoms with E-state index in [9.17, 15) is 17.6 Å². The molecule has 0 radical (unpaired) electrons. The Kier molecular flexibility index (Phi) is 8.10. The second-order valence-electron chi connectivity index (χ2n) is 7.07. The third kappa shape index (κ3) is 6.31. The lowest BCUT2D eigenvalue weighted by atomic mass is 9.98. The fourth-order valence-electron chi connectivity index (χ4n) is 2.97. The highest BCUT2D eigenvalue weighted by atomic mass is 35.5. The lowest BCUT2D eigenvalue weighted by molar-refractivity contribution is -0.179. The molecule has 1 unspecified atom stereocenters. The lowest BCUT2D eigenvalue weighted by Gasteiger charge is -2.30. The highest BCUT2D eigenvalue weighted by Gasteiger charge is 2.55.